The normalized spacial score (nSPS) is 34.2. The molecule has 6 heteroatoms. The number of hydrogen-bond donors (Lipinski definition) is 2. The summed E-state index contributed by atoms with van der Waals surface area (Å²) in [6, 6.07) is 12.2. The second-order valence-corrected chi connectivity index (χ2v) is 5.75. The number of ether oxygens (including phenoxy) is 2. The van der Waals surface area contributed by atoms with Crippen molar-refractivity contribution >= 4 is 5.84 Å². The number of amidine groups is 1. The molecule has 0 amide bonds. The third-order valence-electron chi connectivity index (χ3n) is 4.95. The largest absolute Gasteiger partial charge is 0.342 e. The molecule has 0 radical (unpaired) electrons. The van der Waals surface area contributed by atoms with Crippen LogP contribution in [0.25, 0.3) is 0 Å². The first kappa shape index (κ1) is 14.5. The van der Waals surface area contributed by atoms with Crippen molar-refractivity contribution in [3.05, 3.63) is 35.4 Å². The van der Waals surface area contributed by atoms with Crippen molar-refractivity contribution < 1.29 is 14.5 Å². The molecule has 22 heavy (non-hydrogen) atoms. The van der Waals surface area contributed by atoms with Gasteiger partial charge in [0.05, 0.1) is 12.1 Å². The first-order valence-corrected chi connectivity index (χ1v) is 6.90. The van der Waals surface area contributed by atoms with Crippen LogP contribution in [0.3, 0.4) is 0 Å². The number of nitrogens with zero attached hydrogens (tertiary/aromatic N) is 2. The Morgan fingerprint density at radius 2 is 1.91 bits per heavy atom. The zero-order valence-corrected chi connectivity index (χ0v) is 12.7. The third-order valence-corrected chi connectivity index (χ3v) is 4.95. The lowest BCUT2D eigenvalue weighted by molar-refractivity contribution is -0.687. The van der Waals surface area contributed by atoms with Crippen LogP contribution in [0.4, 0.5) is 0 Å². The Hall–Kier alpha value is -2.41. The average Bonchev–Trinajstić information content (AvgIpc) is 3.11. The maximum atomic E-state index is 9.91. The van der Waals surface area contributed by atoms with Crippen LogP contribution in [0.1, 0.15) is 17.0 Å². The van der Waals surface area contributed by atoms with Crippen molar-refractivity contribution in [2.24, 2.45) is 16.6 Å². The molecule has 1 aromatic carbocycles. The first-order valence-electron chi connectivity index (χ1n) is 6.90. The first-order chi connectivity index (χ1) is 10.5. The van der Waals surface area contributed by atoms with E-state index in [9.17, 15) is 10.5 Å². The van der Waals surface area contributed by atoms with Crippen LogP contribution in [-0.2, 0) is 9.47 Å². The highest BCUT2D eigenvalue weighted by atomic mass is 16.7. The third kappa shape index (κ3) is 1.24. The van der Waals surface area contributed by atoms with E-state index in [1.165, 1.54) is 14.2 Å². The molecule has 2 aliphatic rings. The number of benzene rings is 1. The molecule has 0 saturated heterocycles. The van der Waals surface area contributed by atoms with E-state index in [0.717, 1.165) is 11.1 Å². The molecule has 1 aliphatic carbocycles. The van der Waals surface area contributed by atoms with Gasteiger partial charge in [-0.25, -0.2) is 4.99 Å². The smallest absolute Gasteiger partial charge is 0.317 e. The molecule has 3 atom stereocenters. The van der Waals surface area contributed by atoms with Crippen LogP contribution >= 0.6 is 0 Å². The fourth-order valence-electron chi connectivity index (χ4n) is 3.96. The molecular weight excluding hydrogens is 280 g/mol. The Labute approximate surface area is 128 Å². The van der Waals surface area contributed by atoms with Crippen LogP contribution in [-0.4, -0.2) is 26.0 Å². The second-order valence-electron chi connectivity index (χ2n) is 5.75. The summed E-state index contributed by atoms with van der Waals surface area (Å²) < 4.78 is 10.9. The van der Waals surface area contributed by atoms with Gasteiger partial charge in [-0.05, 0) is 12.5 Å². The molecular formula is C16H17N4O2+. The summed E-state index contributed by atoms with van der Waals surface area (Å²) in [7, 11) is 2.86. The number of methoxy groups -OCH3 is 2. The van der Waals surface area contributed by atoms with Crippen molar-refractivity contribution in [1.29, 1.82) is 10.5 Å². The minimum absolute atomic E-state index is 0.215. The average molecular weight is 297 g/mol. The fourth-order valence-corrected chi connectivity index (χ4v) is 3.96. The van der Waals surface area contributed by atoms with Crippen LogP contribution in [0, 0.1) is 40.4 Å². The van der Waals surface area contributed by atoms with E-state index in [1.807, 2.05) is 31.2 Å². The second kappa shape index (κ2) is 4.30. The van der Waals surface area contributed by atoms with Crippen molar-refractivity contribution in [3.63, 3.8) is 0 Å². The lowest BCUT2D eigenvalue weighted by Gasteiger charge is -2.26. The molecule has 6 nitrogen and oxygen atoms in total. The van der Waals surface area contributed by atoms with Crippen LogP contribution in [0.2, 0.25) is 0 Å². The fraction of sp³-hybridized carbons (Fsp3) is 0.438. The molecule has 1 heterocycles. The number of nitriles is 2. The number of aryl methyl sites for hydroxylation is 1. The summed E-state index contributed by atoms with van der Waals surface area (Å²) in [4.78, 5) is 2.87. The highest BCUT2D eigenvalue weighted by Crippen LogP contribution is 2.78. The van der Waals surface area contributed by atoms with Gasteiger partial charge in [0.2, 0.25) is 0 Å². The zero-order valence-electron chi connectivity index (χ0n) is 12.7. The van der Waals surface area contributed by atoms with Gasteiger partial charge >= 0.3 is 5.91 Å². The van der Waals surface area contributed by atoms with Gasteiger partial charge in [0.25, 0.3) is 5.84 Å². The van der Waals surface area contributed by atoms with E-state index in [4.69, 9.17) is 15.2 Å². The van der Waals surface area contributed by atoms with Crippen molar-refractivity contribution in [2.45, 2.75) is 18.8 Å². The zero-order chi connectivity index (χ0) is 16.2. The molecule has 1 fully saturated rings. The van der Waals surface area contributed by atoms with E-state index in [1.54, 1.807) is 0 Å². The van der Waals surface area contributed by atoms with Crippen molar-refractivity contribution in [3.8, 4) is 12.1 Å². The molecule has 1 aliphatic heterocycles. The predicted octanol–water partition coefficient (Wildman–Crippen LogP) is -0.490. The van der Waals surface area contributed by atoms with Gasteiger partial charge in [0, 0.05) is 20.1 Å². The standard InChI is InChI=1S/C16H16N4O2/c1-10-5-4-6-11(7-10)12-14(8-17)13(19)20-16(21-2,22-3)15(12,14)9-18/h4-7,12H,1-3H3,(H2,19,20)/p+1. The lowest BCUT2D eigenvalue weighted by atomic mass is 9.93. The van der Waals surface area contributed by atoms with Gasteiger partial charge in [-0.3, -0.25) is 5.73 Å². The molecule has 0 spiro atoms. The Kier molecular flexibility index (Phi) is 2.84. The summed E-state index contributed by atoms with van der Waals surface area (Å²) in [5, 5.41) is 19.7. The molecule has 3 rings (SSSR count). The molecule has 3 N–H and O–H groups in total. The van der Waals surface area contributed by atoms with E-state index >= 15 is 0 Å². The summed E-state index contributed by atoms with van der Waals surface area (Å²) in [5.74, 6) is -1.63. The van der Waals surface area contributed by atoms with Gasteiger partial charge in [0.15, 0.2) is 10.8 Å². The Morgan fingerprint density at radius 1 is 1.23 bits per heavy atom. The minimum Gasteiger partial charge on any atom is -0.317 e. The summed E-state index contributed by atoms with van der Waals surface area (Å²) >= 11 is 0. The van der Waals surface area contributed by atoms with Gasteiger partial charge in [-0.1, -0.05) is 29.8 Å². The number of rotatable bonds is 3. The summed E-state index contributed by atoms with van der Waals surface area (Å²) in [5.41, 5.74) is 5.63. The van der Waals surface area contributed by atoms with Gasteiger partial charge < -0.3 is 9.47 Å². The molecule has 0 bridgehead atoms. The minimum atomic E-state index is -1.43. The van der Waals surface area contributed by atoms with Crippen molar-refractivity contribution in [2.75, 3.05) is 14.2 Å². The van der Waals surface area contributed by atoms with Crippen LogP contribution in [0.5, 0.6) is 0 Å². The lowest BCUT2D eigenvalue weighted by Crippen LogP contribution is -2.90. The number of fused-ring (bicyclic) bond motifs is 1. The molecule has 0 aromatic heterocycles. The van der Waals surface area contributed by atoms with E-state index in [2.05, 4.69) is 17.1 Å². The topological polar surface area (TPSA) is 106 Å². The Balaban J connectivity index is 2.26. The quantitative estimate of drug-likeness (QED) is 0.732. The van der Waals surface area contributed by atoms with Gasteiger partial charge in [-0.2, -0.15) is 10.5 Å². The number of hydrogen-bond acceptors (Lipinski definition) is 5. The number of nitrogens with two attached hydrogens (primary N) is 1. The van der Waals surface area contributed by atoms with Crippen LogP contribution < -0.4 is 10.7 Å². The molecule has 1 saturated carbocycles. The highest BCUT2D eigenvalue weighted by Gasteiger charge is 2.96. The summed E-state index contributed by atoms with van der Waals surface area (Å²) in [6.07, 6.45) is 0. The summed E-state index contributed by atoms with van der Waals surface area (Å²) in [6.45, 7) is 1.96. The Bertz CT molecular complexity index is 756. The van der Waals surface area contributed by atoms with Crippen molar-refractivity contribution in [1.82, 2.24) is 0 Å². The molecule has 112 valence electrons. The monoisotopic (exact) mass is 297 g/mol. The molecule has 1 aromatic rings. The van der Waals surface area contributed by atoms with E-state index in [-0.39, 0.29) is 5.84 Å². The van der Waals surface area contributed by atoms with E-state index in [0.29, 0.717) is 0 Å². The molecule has 3 unspecified atom stereocenters. The van der Waals surface area contributed by atoms with Gasteiger partial charge in [-0.15, -0.1) is 0 Å². The maximum absolute atomic E-state index is 9.91. The highest BCUT2D eigenvalue weighted by molar-refractivity contribution is 5.95. The van der Waals surface area contributed by atoms with Crippen LogP contribution in [0.15, 0.2) is 24.3 Å². The maximum Gasteiger partial charge on any atom is 0.342 e. The Morgan fingerprint density at radius 3 is 2.41 bits per heavy atom. The SMILES string of the molecule is COC1(OC)[NH+]=C(N)C2(C#N)C(c3cccc(C)c3)C12C#N. The number of nitrogens with one attached hydrogen (secondary N) is 1. The van der Waals surface area contributed by atoms with E-state index < -0.39 is 22.7 Å². The van der Waals surface area contributed by atoms with Gasteiger partial charge in [0.1, 0.15) is 0 Å². The predicted molar refractivity (Wildman–Crippen MR) is 76.9 cm³/mol.